The quantitative estimate of drug-likeness (QED) is 0.748. The van der Waals surface area contributed by atoms with Gasteiger partial charge in [0.2, 0.25) is 5.91 Å². The molecule has 4 atom stereocenters. The largest absolute Gasteiger partial charge is 0.379 e. The molecule has 3 aliphatic heterocycles. The third kappa shape index (κ3) is 2.20. The van der Waals surface area contributed by atoms with Crippen LogP contribution in [0.15, 0.2) is 0 Å². The molecule has 4 nitrogen and oxygen atoms in total. The molecular formula is C13H22N2O2. The van der Waals surface area contributed by atoms with E-state index >= 15 is 0 Å². The van der Waals surface area contributed by atoms with Crippen molar-refractivity contribution in [3.63, 3.8) is 0 Å². The highest BCUT2D eigenvalue weighted by atomic mass is 16.5. The Morgan fingerprint density at radius 2 is 2.35 bits per heavy atom. The van der Waals surface area contributed by atoms with E-state index in [0.717, 1.165) is 32.3 Å². The van der Waals surface area contributed by atoms with Crippen molar-refractivity contribution in [1.29, 1.82) is 0 Å². The summed E-state index contributed by atoms with van der Waals surface area (Å²) in [6, 6.07) is 1.01. The third-order valence-electron chi connectivity index (χ3n) is 4.50. The molecule has 4 unspecified atom stereocenters. The van der Waals surface area contributed by atoms with E-state index in [9.17, 15) is 4.79 Å². The van der Waals surface area contributed by atoms with Crippen LogP contribution in [0.25, 0.3) is 0 Å². The second-order valence-electron chi connectivity index (χ2n) is 6.10. The Labute approximate surface area is 102 Å². The normalized spacial score (nSPS) is 44.9. The molecular weight excluding hydrogens is 216 g/mol. The molecule has 3 saturated heterocycles. The zero-order valence-electron chi connectivity index (χ0n) is 10.5. The summed E-state index contributed by atoms with van der Waals surface area (Å²) >= 11 is 0. The van der Waals surface area contributed by atoms with Crippen molar-refractivity contribution in [2.45, 2.75) is 56.7 Å². The van der Waals surface area contributed by atoms with Crippen LogP contribution in [0.1, 0.15) is 39.0 Å². The Bertz CT molecular complexity index is 313. The molecule has 3 aliphatic rings. The predicted octanol–water partition coefficient (Wildman–Crippen LogP) is 0.812. The molecule has 4 heteroatoms. The summed E-state index contributed by atoms with van der Waals surface area (Å²) in [5.74, 6) is 0.421. The Balaban J connectivity index is 1.59. The van der Waals surface area contributed by atoms with E-state index in [2.05, 4.69) is 17.6 Å². The highest BCUT2D eigenvalue weighted by Gasteiger charge is 2.44. The maximum atomic E-state index is 12.3. The molecule has 0 radical (unpaired) electrons. The van der Waals surface area contributed by atoms with E-state index in [0.29, 0.717) is 18.7 Å². The van der Waals surface area contributed by atoms with Gasteiger partial charge in [0.25, 0.3) is 0 Å². The number of hydrogen-bond donors (Lipinski definition) is 2. The van der Waals surface area contributed by atoms with Gasteiger partial charge in [0.1, 0.15) is 0 Å². The number of nitrogens with one attached hydrogen (secondary N) is 2. The molecule has 3 heterocycles. The van der Waals surface area contributed by atoms with Crippen molar-refractivity contribution in [2.75, 3.05) is 13.2 Å². The molecule has 17 heavy (non-hydrogen) atoms. The van der Waals surface area contributed by atoms with Crippen LogP contribution in [0.2, 0.25) is 0 Å². The minimum atomic E-state index is -0.142. The van der Waals surface area contributed by atoms with Gasteiger partial charge in [-0.2, -0.15) is 0 Å². The maximum Gasteiger partial charge on any atom is 0.225 e. The number of rotatable bonds is 2. The van der Waals surface area contributed by atoms with Gasteiger partial charge in [0.15, 0.2) is 0 Å². The summed E-state index contributed by atoms with van der Waals surface area (Å²) in [4.78, 5) is 12.3. The summed E-state index contributed by atoms with van der Waals surface area (Å²) in [5, 5.41) is 6.73. The summed E-state index contributed by atoms with van der Waals surface area (Å²) in [7, 11) is 0. The first-order valence-electron chi connectivity index (χ1n) is 6.82. The molecule has 0 aromatic rings. The number of ether oxygens (including phenoxy) is 1. The van der Waals surface area contributed by atoms with Gasteiger partial charge in [0.05, 0.1) is 18.1 Å². The molecule has 0 aliphatic carbocycles. The van der Waals surface area contributed by atoms with Gasteiger partial charge in [-0.15, -0.1) is 0 Å². The van der Waals surface area contributed by atoms with E-state index in [1.165, 1.54) is 6.42 Å². The zero-order chi connectivity index (χ0) is 11.9. The summed E-state index contributed by atoms with van der Waals surface area (Å²) < 4.78 is 5.48. The average molecular weight is 238 g/mol. The smallest absolute Gasteiger partial charge is 0.225 e. The fourth-order valence-corrected chi connectivity index (χ4v) is 3.54. The van der Waals surface area contributed by atoms with Crippen molar-refractivity contribution in [1.82, 2.24) is 10.6 Å². The van der Waals surface area contributed by atoms with Crippen molar-refractivity contribution < 1.29 is 9.53 Å². The van der Waals surface area contributed by atoms with Crippen LogP contribution < -0.4 is 10.6 Å². The summed E-state index contributed by atoms with van der Waals surface area (Å²) in [6.45, 7) is 3.60. The first-order valence-corrected chi connectivity index (χ1v) is 6.82. The van der Waals surface area contributed by atoms with E-state index in [-0.39, 0.29) is 17.4 Å². The van der Waals surface area contributed by atoms with Gasteiger partial charge in [0, 0.05) is 18.7 Å². The van der Waals surface area contributed by atoms with Crippen molar-refractivity contribution in [3.8, 4) is 0 Å². The van der Waals surface area contributed by atoms with Gasteiger partial charge in [-0.25, -0.2) is 0 Å². The van der Waals surface area contributed by atoms with Crippen molar-refractivity contribution >= 4 is 5.91 Å². The first kappa shape index (κ1) is 11.5. The van der Waals surface area contributed by atoms with Crippen LogP contribution in [0.4, 0.5) is 0 Å². The van der Waals surface area contributed by atoms with E-state index in [1.807, 2.05) is 0 Å². The summed E-state index contributed by atoms with van der Waals surface area (Å²) in [5.41, 5.74) is -0.142. The topological polar surface area (TPSA) is 50.4 Å². The predicted molar refractivity (Wildman–Crippen MR) is 64.7 cm³/mol. The highest BCUT2D eigenvalue weighted by molar-refractivity contribution is 5.80. The Kier molecular flexibility index (Phi) is 2.87. The molecule has 3 fully saturated rings. The molecule has 0 aromatic carbocycles. The second-order valence-corrected chi connectivity index (χ2v) is 6.10. The number of carbonyl (C=O) groups is 1. The van der Waals surface area contributed by atoms with E-state index in [4.69, 9.17) is 4.74 Å². The lowest BCUT2D eigenvalue weighted by atomic mass is 9.87. The highest BCUT2D eigenvalue weighted by Crippen LogP contribution is 2.34. The Morgan fingerprint density at radius 3 is 2.94 bits per heavy atom. The summed E-state index contributed by atoms with van der Waals surface area (Å²) in [6.07, 6.45) is 5.51. The number of carbonyl (C=O) groups excluding carboxylic acids is 1. The molecule has 0 aromatic heterocycles. The molecule has 1 amide bonds. The standard InChI is InChI=1S/C13H22N2O2/c1-13(5-2-6-17-8-13)15-12(16)10-7-9-3-4-11(10)14-9/h9-11,14H,2-8H2,1H3,(H,15,16). The minimum Gasteiger partial charge on any atom is -0.379 e. The molecule has 2 bridgehead atoms. The fraction of sp³-hybridized carbons (Fsp3) is 0.923. The fourth-order valence-electron chi connectivity index (χ4n) is 3.54. The van der Waals surface area contributed by atoms with Crippen LogP contribution in [0, 0.1) is 5.92 Å². The Morgan fingerprint density at radius 1 is 1.47 bits per heavy atom. The van der Waals surface area contributed by atoms with Gasteiger partial charge in [-0.05, 0) is 39.0 Å². The molecule has 96 valence electrons. The van der Waals surface area contributed by atoms with Gasteiger partial charge >= 0.3 is 0 Å². The lowest BCUT2D eigenvalue weighted by molar-refractivity contribution is -0.129. The van der Waals surface area contributed by atoms with E-state index in [1.54, 1.807) is 0 Å². The number of fused-ring (bicyclic) bond motifs is 2. The second kappa shape index (κ2) is 4.25. The minimum absolute atomic E-state index is 0.142. The van der Waals surface area contributed by atoms with Gasteiger partial charge in [-0.1, -0.05) is 0 Å². The Hall–Kier alpha value is -0.610. The monoisotopic (exact) mass is 238 g/mol. The van der Waals surface area contributed by atoms with E-state index < -0.39 is 0 Å². The zero-order valence-corrected chi connectivity index (χ0v) is 10.5. The number of hydrogen-bond acceptors (Lipinski definition) is 3. The lowest BCUT2D eigenvalue weighted by Crippen LogP contribution is -2.54. The molecule has 0 spiro atoms. The lowest BCUT2D eigenvalue weighted by Gasteiger charge is -2.36. The molecule has 2 N–H and O–H groups in total. The van der Waals surface area contributed by atoms with Crippen LogP contribution in [-0.4, -0.2) is 36.7 Å². The van der Waals surface area contributed by atoms with Crippen LogP contribution >= 0.6 is 0 Å². The average Bonchev–Trinajstić information content (AvgIpc) is 2.91. The van der Waals surface area contributed by atoms with Crippen LogP contribution in [0.3, 0.4) is 0 Å². The number of amides is 1. The third-order valence-corrected chi connectivity index (χ3v) is 4.50. The molecule has 0 saturated carbocycles. The van der Waals surface area contributed by atoms with Gasteiger partial charge < -0.3 is 15.4 Å². The van der Waals surface area contributed by atoms with Crippen LogP contribution in [-0.2, 0) is 9.53 Å². The van der Waals surface area contributed by atoms with Crippen LogP contribution in [0.5, 0.6) is 0 Å². The SMILES string of the molecule is CC1(NC(=O)C2CC3CCC2N3)CCCOC1. The van der Waals surface area contributed by atoms with Gasteiger partial charge in [-0.3, -0.25) is 4.79 Å². The van der Waals surface area contributed by atoms with Crippen molar-refractivity contribution in [2.24, 2.45) is 5.92 Å². The molecule has 3 rings (SSSR count). The maximum absolute atomic E-state index is 12.3. The van der Waals surface area contributed by atoms with Crippen molar-refractivity contribution in [3.05, 3.63) is 0 Å². The first-order chi connectivity index (χ1) is 8.16.